The molecule has 0 radical (unpaired) electrons. The van der Waals surface area contributed by atoms with E-state index in [4.69, 9.17) is 13.9 Å². The van der Waals surface area contributed by atoms with E-state index in [2.05, 4.69) is 13.1 Å². The summed E-state index contributed by atoms with van der Waals surface area (Å²) in [5.41, 5.74) is 4.11. The third kappa shape index (κ3) is 15.7. The van der Waals surface area contributed by atoms with Crippen LogP contribution in [0.25, 0.3) is 21.9 Å². The van der Waals surface area contributed by atoms with E-state index in [1.165, 1.54) is 63.8 Å². The number of unbranched alkanes of at least 4 members (excludes halogenated alkanes) is 9. The second kappa shape index (κ2) is 23.6. The van der Waals surface area contributed by atoms with Crippen molar-refractivity contribution in [2.45, 2.75) is 121 Å². The molecule has 0 saturated carbocycles. The molecule has 1 unspecified atom stereocenters. The van der Waals surface area contributed by atoms with Crippen LogP contribution in [0.1, 0.15) is 106 Å². The minimum absolute atomic E-state index is 0.0536. The van der Waals surface area contributed by atoms with Crippen molar-refractivity contribution < 1.29 is 31.9 Å². The monoisotopic (exact) mass is 862 g/mol. The SMILES string of the molecule is CCC(C)CS(=O)(=O)c1ccc(CC(=O)Cc2ccc(-c3ccc(OC(=O)c4ccc5cc(OCCCCCCCCCCCC[Si](C)(C)OC)ccc5c4)cc3)cc2)cc1. The lowest BCUT2D eigenvalue weighted by atomic mass is 9.99. The van der Waals surface area contributed by atoms with Gasteiger partial charge in [-0.15, -0.1) is 0 Å². The van der Waals surface area contributed by atoms with Crippen LogP contribution in [0.15, 0.2) is 114 Å². The van der Waals surface area contributed by atoms with Gasteiger partial charge < -0.3 is 13.9 Å². The van der Waals surface area contributed by atoms with Crippen LogP contribution in [-0.2, 0) is 31.9 Å². The molecular formula is C52H66O7SSi. The van der Waals surface area contributed by atoms with E-state index in [9.17, 15) is 18.0 Å². The molecule has 5 aromatic carbocycles. The van der Waals surface area contributed by atoms with Crippen molar-refractivity contribution in [2.75, 3.05) is 19.5 Å². The fraction of sp³-hybridized carbons (Fsp3) is 0.423. The summed E-state index contributed by atoms with van der Waals surface area (Å²) < 4.78 is 42.7. The summed E-state index contributed by atoms with van der Waals surface area (Å²) in [7, 11) is -2.86. The van der Waals surface area contributed by atoms with E-state index in [1.807, 2.05) is 87.7 Å². The molecule has 9 heteroatoms. The Bertz CT molecular complexity index is 2250. The van der Waals surface area contributed by atoms with Crippen LogP contribution in [0, 0.1) is 5.92 Å². The second-order valence-electron chi connectivity index (χ2n) is 17.3. The molecule has 326 valence electrons. The molecular weight excluding hydrogens is 797 g/mol. The van der Waals surface area contributed by atoms with E-state index < -0.39 is 24.1 Å². The molecule has 0 amide bonds. The molecule has 0 fully saturated rings. The first-order valence-electron chi connectivity index (χ1n) is 22.3. The largest absolute Gasteiger partial charge is 0.494 e. The number of Topliss-reactive ketones (excluding diaryl/α,β-unsaturated/α-hetero) is 1. The highest BCUT2D eigenvalue weighted by Crippen LogP contribution is 2.27. The molecule has 0 saturated heterocycles. The lowest BCUT2D eigenvalue weighted by molar-refractivity contribution is -0.117. The molecule has 5 rings (SSSR count). The topological polar surface area (TPSA) is 96.0 Å². The van der Waals surface area contributed by atoms with Gasteiger partial charge in [-0.2, -0.15) is 0 Å². The number of benzene rings is 5. The molecule has 0 aliphatic carbocycles. The number of ketones is 1. The van der Waals surface area contributed by atoms with Gasteiger partial charge in [-0.05, 0) is 113 Å². The van der Waals surface area contributed by atoms with Gasteiger partial charge in [0.15, 0.2) is 18.2 Å². The van der Waals surface area contributed by atoms with E-state index in [0.29, 0.717) is 22.8 Å². The van der Waals surface area contributed by atoms with Crippen molar-refractivity contribution in [1.29, 1.82) is 0 Å². The van der Waals surface area contributed by atoms with Gasteiger partial charge in [0.25, 0.3) is 0 Å². The Kier molecular flexibility index (Phi) is 18.4. The smallest absolute Gasteiger partial charge is 0.343 e. The van der Waals surface area contributed by atoms with Crippen molar-refractivity contribution in [3.8, 4) is 22.6 Å². The van der Waals surface area contributed by atoms with E-state index in [1.54, 1.807) is 42.5 Å². The standard InChI is InChI=1S/C52H66O7SSi/c1-6-40(2)39-60(55,56)51-31-19-42(20-32-51)36-48(53)35-41-17-21-43(22-18-41)44-25-28-49(29-26-44)59-52(54)47-24-23-46-38-50(30-27-45(46)37-47)58-33-15-13-11-9-7-8-10-12-14-16-34-61(4,5)57-3/h17-32,37-38,40H,6-16,33-36,39H2,1-5H3. The molecule has 0 N–H and O–H groups in total. The molecule has 0 aliphatic rings. The van der Waals surface area contributed by atoms with Crippen LogP contribution >= 0.6 is 0 Å². The van der Waals surface area contributed by atoms with E-state index >= 15 is 0 Å². The Morgan fingerprint density at radius 2 is 1.13 bits per heavy atom. The van der Waals surface area contributed by atoms with Gasteiger partial charge in [-0.1, -0.05) is 139 Å². The quantitative estimate of drug-likeness (QED) is 0.0236. The first-order valence-corrected chi connectivity index (χ1v) is 27.1. The number of carbonyl (C=O) groups excluding carboxylic acids is 2. The van der Waals surface area contributed by atoms with Crippen LogP contribution in [0.4, 0.5) is 0 Å². The molecule has 0 aromatic heterocycles. The highest BCUT2D eigenvalue weighted by Gasteiger charge is 2.20. The molecule has 5 aromatic rings. The van der Waals surface area contributed by atoms with Crippen LogP contribution in [-0.4, -0.2) is 48.0 Å². The third-order valence-electron chi connectivity index (χ3n) is 11.7. The van der Waals surface area contributed by atoms with Crippen LogP contribution < -0.4 is 9.47 Å². The van der Waals surface area contributed by atoms with Gasteiger partial charge in [0, 0.05) is 20.0 Å². The maximum absolute atomic E-state index is 13.1. The summed E-state index contributed by atoms with van der Waals surface area (Å²) in [6.45, 7) is 9.23. The average molecular weight is 863 g/mol. The van der Waals surface area contributed by atoms with Gasteiger partial charge >= 0.3 is 5.97 Å². The first kappa shape index (κ1) is 47.5. The molecule has 0 aliphatic heterocycles. The highest BCUT2D eigenvalue weighted by atomic mass is 32.2. The zero-order valence-corrected chi connectivity index (χ0v) is 38.9. The summed E-state index contributed by atoms with van der Waals surface area (Å²) in [6.07, 6.45) is 14.1. The van der Waals surface area contributed by atoms with Crippen LogP contribution in [0.2, 0.25) is 19.1 Å². The molecule has 0 bridgehead atoms. The Morgan fingerprint density at radius 3 is 1.72 bits per heavy atom. The lowest BCUT2D eigenvalue weighted by Gasteiger charge is -2.19. The van der Waals surface area contributed by atoms with Crippen molar-refractivity contribution in [3.05, 3.63) is 126 Å². The predicted octanol–water partition coefficient (Wildman–Crippen LogP) is 13.0. The van der Waals surface area contributed by atoms with Crippen molar-refractivity contribution in [3.63, 3.8) is 0 Å². The fourth-order valence-electron chi connectivity index (χ4n) is 7.42. The van der Waals surface area contributed by atoms with E-state index in [0.717, 1.165) is 51.6 Å². The van der Waals surface area contributed by atoms with Gasteiger partial charge in [-0.25, -0.2) is 13.2 Å². The summed E-state index contributed by atoms with van der Waals surface area (Å²) in [4.78, 5) is 26.3. The number of hydrogen-bond acceptors (Lipinski definition) is 7. The van der Waals surface area contributed by atoms with Crippen LogP contribution in [0.5, 0.6) is 11.5 Å². The summed E-state index contributed by atoms with van der Waals surface area (Å²) in [6, 6.07) is 34.7. The minimum Gasteiger partial charge on any atom is -0.494 e. The zero-order chi connectivity index (χ0) is 43.7. The Labute approximate surface area is 366 Å². The molecule has 0 heterocycles. The minimum atomic E-state index is -3.34. The maximum Gasteiger partial charge on any atom is 0.343 e. The molecule has 1 atom stereocenters. The van der Waals surface area contributed by atoms with Gasteiger partial charge in [0.1, 0.15) is 17.3 Å². The summed E-state index contributed by atoms with van der Waals surface area (Å²) >= 11 is 0. The van der Waals surface area contributed by atoms with E-state index in [-0.39, 0.29) is 30.3 Å². The number of rotatable bonds is 26. The highest BCUT2D eigenvalue weighted by molar-refractivity contribution is 7.91. The third-order valence-corrected chi connectivity index (χ3v) is 16.3. The average Bonchev–Trinajstić information content (AvgIpc) is 3.25. The Morgan fingerprint density at radius 1 is 0.623 bits per heavy atom. The zero-order valence-electron chi connectivity index (χ0n) is 37.0. The van der Waals surface area contributed by atoms with Crippen LogP contribution in [0.3, 0.4) is 0 Å². The lowest BCUT2D eigenvalue weighted by Crippen LogP contribution is -2.27. The van der Waals surface area contributed by atoms with Gasteiger partial charge in [-0.3, -0.25) is 4.79 Å². The Balaban J connectivity index is 0.997. The summed E-state index contributed by atoms with van der Waals surface area (Å²) in [5.74, 6) is 1.15. The number of hydrogen-bond donors (Lipinski definition) is 0. The fourth-order valence-corrected chi connectivity index (χ4v) is 10.5. The first-order chi connectivity index (χ1) is 29.3. The number of carbonyl (C=O) groups is 2. The molecule has 61 heavy (non-hydrogen) atoms. The van der Waals surface area contributed by atoms with Crippen molar-refractivity contribution in [2.24, 2.45) is 5.92 Å². The summed E-state index contributed by atoms with van der Waals surface area (Å²) in [5, 5.41) is 1.96. The normalized spacial score (nSPS) is 12.3. The number of fused-ring (bicyclic) bond motifs is 1. The Hall–Kier alpha value is -4.57. The number of ether oxygens (including phenoxy) is 2. The number of sulfone groups is 1. The molecule has 7 nitrogen and oxygen atoms in total. The molecule has 0 spiro atoms. The second-order valence-corrected chi connectivity index (χ2v) is 23.7. The predicted molar refractivity (Wildman–Crippen MR) is 252 cm³/mol. The van der Waals surface area contributed by atoms with Crippen molar-refractivity contribution in [1.82, 2.24) is 0 Å². The van der Waals surface area contributed by atoms with Crippen molar-refractivity contribution >= 4 is 40.7 Å². The maximum atomic E-state index is 13.1. The van der Waals surface area contributed by atoms with Gasteiger partial charge in [0.2, 0.25) is 0 Å². The van der Waals surface area contributed by atoms with Gasteiger partial charge in [0.05, 0.1) is 22.8 Å². The number of esters is 1.